The van der Waals surface area contributed by atoms with E-state index in [0.717, 1.165) is 32.5 Å². The van der Waals surface area contributed by atoms with Crippen molar-refractivity contribution in [2.24, 2.45) is 0 Å². The molecule has 2 aromatic rings. The first-order chi connectivity index (χ1) is 8.69. The summed E-state index contributed by atoms with van der Waals surface area (Å²) in [5.74, 6) is 0.812. The number of benzene rings is 1. The van der Waals surface area contributed by atoms with Gasteiger partial charge in [-0.2, -0.15) is 0 Å². The maximum atomic E-state index is 5.25. The van der Waals surface area contributed by atoms with Crippen LogP contribution in [0.3, 0.4) is 0 Å². The number of pyridine rings is 1. The monoisotopic (exact) mass is 370 g/mol. The molecule has 0 radical (unpaired) electrons. The predicted molar refractivity (Wildman–Crippen MR) is 80.0 cm³/mol. The molecule has 0 saturated heterocycles. The average molecular weight is 372 g/mol. The number of methoxy groups -OCH3 is 1. The molecule has 0 atom stereocenters. The first-order valence-electron chi connectivity index (χ1n) is 5.36. The lowest BCUT2D eigenvalue weighted by Gasteiger charge is -2.09. The van der Waals surface area contributed by atoms with E-state index in [9.17, 15) is 0 Å². The smallest absolute Gasteiger partial charge is 0.135 e. The van der Waals surface area contributed by atoms with Gasteiger partial charge in [0.1, 0.15) is 5.75 Å². The molecule has 2 rings (SSSR count). The van der Waals surface area contributed by atoms with E-state index in [0.29, 0.717) is 0 Å². The van der Waals surface area contributed by atoms with E-state index < -0.39 is 0 Å². The van der Waals surface area contributed by atoms with Gasteiger partial charge >= 0.3 is 0 Å². The summed E-state index contributed by atoms with van der Waals surface area (Å²) in [7, 11) is 1.65. The van der Waals surface area contributed by atoms with Crippen LogP contribution in [0.2, 0.25) is 0 Å². The van der Waals surface area contributed by atoms with Crippen LogP contribution < -0.4 is 10.1 Å². The molecule has 1 heterocycles. The van der Waals surface area contributed by atoms with Crippen LogP contribution in [0, 0.1) is 0 Å². The third kappa shape index (κ3) is 3.46. The third-order valence-corrected chi connectivity index (χ3v) is 3.50. The second-order valence-corrected chi connectivity index (χ2v) is 5.48. The number of nitrogens with zero attached hydrogens (tertiary/aromatic N) is 1. The van der Waals surface area contributed by atoms with Gasteiger partial charge in [-0.25, -0.2) is 0 Å². The number of aromatic nitrogens is 1. The van der Waals surface area contributed by atoms with Crippen molar-refractivity contribution in [2.45, 2.75) is 6.54 Å². The van der Waals surface area contributed by atoms with Gasteiger partial charge in [-0.05, 0) is 55.6 Å². The Bertz CT molecular complexity index is 546. The molecule has 1 aromatic carbocycles. The van der Waals surface area contributed by atoms with Crippen LogP contribution in [0.25, 0.3) is 0 Å². The SMILES string of the molecule is COc1cc(NCc2cncc(Br)c2)ccc1Br. The zero-order chi connectivity index (χ0) is 13.0. The van der Waals surface area contributed by atoms with E-state index in [-0.39, 0.29) is 0 Å². The van der Waals surface area contributed by atoms with Crippen LogP contribution in [0.1, 0.15) is 5.56 Å². The molecule has 0 aliphatic rings. The number of anilines is 1. The van der Waals surface area contributed by atoms with Crippen molar-refractivity contribution in [2.75, 3.05) is 12.4 Å². The Labute approximate surface area is 123 Å². The molecule has 3 nitrogen and oxygen atoms in total. The fourth-order valence-corrected chi connectivity index (χ4v) is 2.35. The molecule has 0 spiro atoms. The summed E-state index contributed by atoms with van der Waals surface area (Å²) in [6.07, 6.45) is 3.61. The van der Waals surface area contributed by atoms with E-state index in [2.05, 4.69) is 42.2 Å². The van der Waals surface area contributed by atoms with Gasteiger partial charge in [0.25, 0.3) is 0 Å². The number of nitrogens with one attached hydrogen (secondary N) is 1. The fourth-order valence-electron chi connectivity index (χ4n) is 1.53. The Hall–Kier alpha value is -1.07. The van der Waals surface area contributed by atoms with E-state index in [1.165, 1.54) is 0 Å². The summed E-state index contributed by atoms with van der Waals surface area (Å²) in [5.41, 5.74) is 2.13. The van der Waals surface area contributed by atoms with E-state index >= 15 is 0 Å². The Morgan fingerprint density at radius 3 is 2.78 bits per heavy atom. The minimum atomic E-state index is 0.719. The normalized spacial score (nSPS) is 10.2. The molecule has 0 amide bonds. The second-order valence-electron chi connectivity index (χ2n) is 3.71. The minimum Gasteiger partial charge on any atom is -0.495 e. The van der Waals surface area contributed by atoms with Crippen molar-refractivity contribution in [3.05, 3.63) is 51.2 Å². The summed E-state index contributed by atoms with van der Waals surface area (Å²) in [5, 5.41) is 3.33. The second kappa shape index (κ2) is 6.20. The lowest BCUT2D eigenvalue weighted by atomic mass is 10.2. The number of hydrogen-bond donors (Lipinski definition) is 1. The highest BCUT2D eigenvalue weighted by atomic mass is 79.9. The largest absolute Gasteiger partial charge is 0.495 e. The van der Waals surface area contributed by atoms with Crippen LogP contribution in [0.5, 0.6) is 5.75 Å². The van der Waals surface area contributed by atoms with E-state index in [4.69, 9.17) is 4.74 Å². The zero-order valence-corrected chi connectivity index (χ0v) is 13.0. The van der Waals surface area contributed by atoms with Crippen LogP contribution in [0.15, 0.2) is 45.6 Å². The standard InChI is InChI=1S/C13H12Br2N2O/c1-18-13-5-11(2-3-12(13)15)17-7-9-4-10(14)8-16-6-9/h2-6,8,17H,7H2,1H3. The molecule has 1 N–H and O–H groups in total. The third-order valence-electron chi connectivity index (χ3n) is 2.41. The predicted octanol–water partition coefficient (Wildman–Crippen LogP) is 4.23. The molecular weight excluding hydrogens is 360 g/mol. The van der Waals surface area contributed by atoms with Gasteiger partial charge in [-0.3, -0.25) is 4.98 Å². The Morgan fingerprint density at radius 1 is 1.22 bits per heavy atom. The summed E-state index contributed by atoms with van der Waals surface area (Å²) in [6.45, 7) is 0.719. The lowest BCUT2D eigenvalue weighted by Crippen LogP contribution is -2.00. The molecule has 0 aliphatic heterocycles. The van der Waals surface area contributed by atoms with Gasteiger partial charge in [-0.15, -0.1) is 0 Å². The van der Waals surface area contributed by atoms with Crippen LogP contribution in [-0.2, 0) is 6.54 Å². The first kappa shape index (κ1) is 13.4. The zero-order valence-electron chi connectivity index (χ0n) is 9.78. The molecule has 0 fully saturated rings. The molecule has 18 heavy (non-hydrogen) atoms. The number of rotatable bonds is 4. The van der Waals surface area contributed by atoms with Crippen LogP contribution in [-0.4, -0.2) is 12.1 Å². The quantitative estimate of drug-likeness (QED) is 0.873. The number of halogens is 2. The molecule has 1 aromatic heterocycles. The Kier molecular flexibility index (Phi) is 4.60. The number of ether oxygens (including phenoxy) is 1. The highest BCUT2D eigenvalue weighted by Gasteiger charge is 2.01. The summed E-state index contributed by atoms with van der Waals surface area (Å²) < 4.78 is 7.18. The van der Waals surface area contributed by atoms with Crippen molar-refractivity contribution >= 4 is 37.5 Å². The fraction of sp³-hybridized carbons (Fsp3) is 0.154. The van der Waals surface area contributed by atoms with Crippen molar-refractivity contribution in [1.29, 1.82) is 0 Å². The minimum absolute atomic E-state index is 0.719. The molecular formula is C13H12Br2N2O. The maximum Gasteiger partial charge on any atom is 0.135 e. The topological polar surface area (TPSA) is 34.1 Å². The van der Waals surface area contributed by atoms with Crippen molar-refractivity contribution < 1.29 is 4.74 Å². The molecule has 5 heteroatoms. The Balaban J connectivity index is 2.06. The molecule has 0 unspecified atom stereocenters. The van der Waals surface area contributed by atoms with Crippen LogP contribution >= 0.6 is 31.9 Å². The average Bonchev–Trinajstić information content (AvgIpc) is 2.38. The van der Waals surface area contributed by atoms with Crippen molar-refractivity contribution in [1.82, 2.24) is 4.98 Å². The highest BCUT2D eigenvalue weighted by molar-refractivity contribution is 9.10. The van der Waals surface area contributed by atoms with Crippen molar-refractivity contribution in [3.8, 4) is 5.75 Å². The van der Waals surface area contributed by atoms with Gasteiger partial charge in [-0.1, -0.05) is 0 Å². The van der Waals surface area contributed by atoms with Gasteiger partial charge in [0.15, 0.2) is 0 Å². The van der Waals surface area contributed by atoms with E-state index in [1.807, 2.05) is 30.5 Å². The van der Waals surface area contributed by atoms with Crippen molar-refractivity contribution in [3.63, 3.8) is 0 Å². The molecule has 94 valence electrons. The van der Waals surface area contributed by atoms with Gasteiger partial charge in [0, 0.05) is 35.2 Å². The maximum absolute atomic E-state index is 5.25. The Morgan fingerprint density at radius 2 is 2.06 bits per heavy atom. The van der Waals surface area contributed by atoms with Crippen LogP contribution in [0.4, 0.5) is 5.69 Å². The first-order valence-corrected chi connectivity index (χ1v) is 6.94. The molecule has 0 aliphatic carbocycles. The summed E-state index contributed by atoms with van der Waals surface area (Å²) in [4.78, 5) is 4.13. The number of hydrogen-bond acceptors (Lipinski definition) is 3. The van der Waals surface area contributed by atoms with E-state index in [1.54, 1.807) is 13.3 Å². The highest BCUT2D eigenvalue weighted by Crippen LogP contribution is 2.28. The summed E-state index contributed by atoms with van der Waals surface area (Å²) in [6, 6.07) is 7.95. The van der Waals surface area contributed by atoms with Gasteiger partial charge in [0.05, 0.1) is 11.6 Å². The molecule has 0 saturated carbocycles. The van der Waals surface area contributed by atoms with Gasteiger partial charge in [0.2, 0.25) is 0 Å². The molecule has 0 bridgehead atoms. The summed E-state index contributed by atoms with van der Waals surface area (Å²) >= 11 is 6.83. The lowest BCUT2D eigenvalue weighted by molar-refractivity contribution is 0.412. The van der Waals surface area contributed by atoms with Gasteiger partial charge < -0.3 is 10.1 Å².